The number of nitrogens with zero attached hydrogens (tertiary/aromatic N) is 6. The topological polar surface area (TPSA) is 98.3 Å². The lowest BCUT2D eigenvalue weighted by Crippen LogP contribution is -2.56. The summed E-state index contributed by atoms with van der Waals surface area (Å²) in [5.41, 5.74) is 3.39. The summed E-state index contributed by atoms with van der Waals surface area (Å²) in [6.07, 6.45) is 9.93. The van der Waals surface area contributed by atoms with Crippen LogP contribution in [0, 0.1) is 0 Å². The van der Waals surface area contributed by atoms with E-state index in [1.807, 2.05) is 47.5 Å². The van der Waals surface area contributed by atoms with E-state index in [4.69, 9.17) is 21.2 Å². The minimum Gasteiger partial charge on any atom is -0.494 e. The van der Waals surface area contributed by atoms with Crippen molar-refractivity contribution in [3.8, 4) is 5.75 Å². The molecule has 1 unspecified atom stereocenters. The predicted octanol–water partition coefficient (Wildman–Crippen LogP) is 6.03. The molecule has 0 radical (unpaired) electrons. The van der Waals surface area contributed by atoms with Crippen molar-refractivity contribution >= 4 is 46.2 Å². The maximum absolute atomic E-state index is 12.6. The maximum Gasteiger partial charge on any atom is 0.247 e. The Morgan fingerprint density at radius 1 is 0.938 bits per heavy atom. The molecule has 4 aliphatic rings. The molecule has 1 atom stereocenters. The molecule has 3 saturated heterocycles. The number of rotatable bonds is 10. The van der Waals surface area contributed by atoms with Gasteiger partial charge in [-0.1, -0.05) is 36.7 Å². The van der Waals surface area contributed by atoms with Crippen molar-refractivity contribution in [2.24, 2.45) is 0 Å². The van der Waals surface area contributed by atoms with Gasteiger partial charge in [0.15, 0.2) is 5.82 Å². The van der Waals surface area contributed by atoms with Gasteiger partial charge >= 0.3 is 0 Å². The summed E-state index contributed by atoms with van der Waals surface area (Å²) in [6, 6.07) is 15.0. The number of halogens is 1. The van der Waals surface area contributed by atoms with Crippen molar-refractivity contribution in [3.05, 3.63) is 72.0 Å². The molecular formula is C36H45ClN8O3. The number of hydrogen-bond donors (Lipinski definition) is 2. The maximum atomic E-state index is 12.6. The highest BCUT2D eigenvalue weighted by Gasteiger charge is 2.33. The Morgan fingerprint density at radius 3 is 2.29 bits per heavy atom. The fourth-order valence-corrected chi connectivity index (χ4v) is 7.56. The van der Waals surface area contributed by atoms with E-state index in [0.717, 1.165) is 62.7 Å². The van der Waals surface area contributed by atoms with Crippen LogP contribution in [0.3, 0.4) is 0 Å². The number of ether oxygens (including phenoxy) is 1. The first-order chi connectivity index (χ1) is 23.5. The predicted molar refractivity (Wildman–Crippen MR) is 190 cm³/mol. The van der Waals surface area contributed by atoms with Crippen LogP contribution in [0.2, 0.25) is 5.02 Å². The van der Waals surface area contributed by atoms with E-state index in [1.54, 1.807) is 7.11 Å². The molecule has 2 aromatic carbocycles. The van der Waals surface area contributed by atoms with Gasteiger partial charge in [0.2, 0.25) is 5.91 Å². The van der Waals surface area contributed by atoms with Crippen molar-refractivity contribution in [1.82, 2.24) is 19.8 Å². The fraction of sp³-hybridized carbons (Fsp3) is 0.472. The first-order valence-electron chi connectivity index (χ1n) is 17.1. The number of piperazine rings is 1. The van der Waals surface area contributed by atoms with E-state index in [9.17, 15) is 4.79 Å². The number of aromatic nitrogens is 2. The average molecular weight is 673 g/mol. The van der Waals surface area contributed by atoms with Gasteiger partial charge in [-0.2, -0.15) is 0 Å². The normalized spacial score (nSPS) is 21.2. The van der Waals surface area contributed by atoms with Gasteiger partial charge in [0.05, 0.1) is 36.8 Å². The number of amides is 1. The third-order valence-corrected chi connectivity index (χ3v) is 10.6. The third-order valence-electron chi connectivity index (χ3n) is 10.3. The number of benzene rings is 2. The van der Waals surface area contributed by atoms with E-state index in [-0.39, 0.29) is 11.9 Å². The van der Waals surface area contributed by atoms with E-state index in [0.29, 0.717) is 46.4 Å². The smallest absolute Gasteiger partial charge is 0.247 e. The van der Waals surface area contributed by atoms with Crippen LogP contribution in [0.15, 0.2) is 61.4 Å². The van der Waals surface area contributed by atoms with Crippen LogP contribution in [0.1, 0.15) is 50.1 Å². The van der Waals surface area contributed by atoms with Gasteiger partial charge in [-0.25, -0.2) is 15.0 Å². The van der Waals surface area contributed by atoms with E-state index < -0.39 is 0 Å². The number of carbonyl (C=O) groups is 1. The zero-order valence-electron chi connectivity index (χ0n) is 27.6. The Bertz CT molecular complexity index is 1590. The molecule has 1 saturated carbocycles. The Kier molecular flexibility index (Phi) is 9.99. The lowest BCUT2D eigenvalue weighted by Gasteiger charge is -2.46. The van der Waals surface area contributed by atoms with Crippen molar-refractivity contribution in [1.29, 1.82) is 0 Å². The second-order valence-corrected chi connectivity index (χ2v) is 13.5. The largest absolute Gasteiger partial charge is 0.494 e. The summed E-state index contributed by atoms with van der Waals surface area (Å²) in [7, 11) is 1.65. The molecule has 1 aliphatic carbocycles. The Hall–Kier alpha value is -3.90. The van der Waals surface area contributed by atoms with Crippen LogP contribution in [-0.4, -0.2) is 90.7 Å². The van der Waals surface area contributed by atoms with Crippen molar-refractivity contribution < 1.29 is 14.4 Å². The molecule has 1 aromatic heterocycles. The second-order valence-electron chi connectivity index (χ2n) is 13.0. The highest BCUT2D eigenvalue weighted by molar-refractivity contribution is 6.30. The van der Waals surface area contributed by atoms with Gasteiger partial charge in [-0.3, -0.25) is 19.4 Å². The minimum atomic E-state index is -0.268. The van der Waals surface area contributed by atoms with Crippen molar-refractivity contribution in [3.63, 3.8) is 0 Å². The Labute approximate surface area is 287 Å². The highest BCUT2D eigenvalue weighted by atomic mass is 35.5. The third kappa shape index (κ3) is 7.10. The monoisotopic (exact) mass is 672 g/mol. The molecule has 0 spiro atoms. The van der Waals surface area contributed by atoms with Crippen LogP contribution in [-0.2, 0) is 9.63 Å². The molecule has 48 heavy (non-hydrogen) atoms. The SMILES string of the molecule is C=CC(=O)Nc1cc(Nc2cc(N3OCCC3c3ccc(Cl)cc3)ncn2)c(OC)cc1N1CCC(N2CCN(C3CCC3)CC2)CC1. The number of hydroxylamine groups is 1. The number of hydrogen-bond acceptors (Lipinski definition) is 10. The van der Waals surface area contributed by atoms with Gasteiger partial charge in [-0.15, -0.1) is 0 Å². The minimum absolute atomic E-state index is 0.000587. The molecular weight excluding hydrogens is 628 g/mol. The molecule has 11 nitrogen and oxygen atoms in total. The Morgan fingerprint density at radius 2 is 1.65 bits per heavy atom. The fourth-order valence-electron chi connectivity index (χ4n) is 7.43. The molecule has 4 fully saturated rings. The summed E-state index contributed by atoms with van der Waals surface area (Å²) in [5, 5.41) is 8.96. The summed E-state index contributed by atoms with van der Waals surface area (Å²) < 4.78 is 5.89. The highest BCUT2D eigenvalue weighted by Crippen LogP contribution is 2.41. The van der Waals surface area contributed by atoms with Gasteiger partial charge in [0.25, 0.3) is 0 Å². The quantitative estimate of drug-likeness (QED) is 0.249. The number of nitrogens with one attached hydrogen (secondary N) is 2. The zero-order valence-corrected chi connectivity index (χ0v) is 28.4. The molecule has 3 aliphatic heterocycles. The molecule has 254 valence electrons. The van der Waals surface area contributed by atoms with Crippen molar-refractivity contribution in [2.75, 3.05) is 73.6 Å². The van der Waals surface area contributed by atoms with E-state index in [2.05, 4.69) is 41.9 Å². The summed E-state index contributed by atoms with van der Waals surface area (Å²) in [4.78, 5) is 35.4. The molecule has 3 aromatic rings. The average Bonchev–Trinajstić information content (AvgIpc) is 3.59. The van der Waals surface area contributed by atoms with Crippen LogP contribution in [0.5, 0.6) is 5.75 Å². The standard InChI is InChI=1S/C36H45ClN8O3/c1-3-36(46)41-29-21-30(40-34-23-35(39-24-38-34)45-31(13-20-48-45)25-7-9-26(37)10-8-25)33(47-2)22-32(29)44-14-11-28(12-15-44)43-18-16-42(17-19-43)27-5-4-6-27/h3,7-10,21-24,27-28,31H,1,4-6,11-20H2,2H3,(H,41,46)(H,38,39,40). The first kappa shape index (κ1) is 32.6. The summed E-state index contributed by atoms with van der Waals surface area (Å²) in [5.74, 6) is 1.58. The number of carbonyl (C=O) groups excluding carboxylic acids is 1. The molecule has 7 rings (SSSR count). The van der Waals surface area contributed by atoms with E-state index in [1.165, 1.54) is 44.8 Å². The van der Waals surface area contributed by atoms with Gasteiger partial charge < -0.3 is 20.3 Å². The van der Waals surface area contributed by atoms with Gasteiger partial charge in [-0.05, 0) is 55.5 Å². The lowest BCUT2D eigenvalue weighted by atomic mass is 9.91. The zero-order chi connectivity index (χ0) is 33.0. The van der Waals surface area contributed by atoms with Gasteiger partial charge in [0, 0.05) is 74.9 Å². The number of methoxy groups -OCH3 is 1. The van der Waals surface area contributed by atoms with Gasteiger partial charge in [0.1, 0.15) is 17.9 Å². The first-order valence-corrected chi connectivity index (χ1v) is 17.5. The molecule has 4 heterocycles. The van der Waals surface area contributed by atoms with Crippen LogP contribution in [0.4, 0.5) is 28.7 Å². The molecule has 1 amide bonds. The lowest BCUT2D eigenvalue weighted by molar-refractivity contribution is -0.111. The molecule has 0 bridgehead atoms. The van der Waals surface area contributed by atoms with E-state index >= 15 is 0 Å². The number of piperidine rings is 1. The summed E-state index contributed by atoms with van der Waals surface area (Å²) in [6.45, 7) is 10.8. The van der Waals surface area contributed by atoms with Crippen LogP contribution >= 0.6 is 11.6 Å². The van der Waals surface area contributed by atoms with Crippen molar-refractivity contribution in [2.45, 2.75) is 56.7 Å². The summed E-state index contributed by atoms with van der Waals surface area (Å²) >= 11 is 6.13. The Balaban J connectivity index is 1.07. The van der Waals surface area contributed by atoms with Crippen LogP contribution in [0.25, 0.3) is 0 Å². The molecule has 2 N–H and O–H groups in total. The number of anilines is 5. The second kappa shape index (κ2) is 14.7. The van der Waals surface area contributed by atoms with Crippen LogP contribution < -0.4 is 25.3 Å². The molecule has 12 heteroatoms.